The molecule has 7 nitrogen and oxygen atoms in total. The zero-order valence-electron chi connectivity index (χ0n) is 13.7. The molecule has 0 spiro atoms. The molecule has 2 aromatic heterocycles. The quantitative estimate of drug-likeness (QED) is 0.755. The lowest BCUT2D eigenvalue weighted by Gasteiger charge is -2.20. The summed E-state index contributed by atoms with van der Waals surface area (Å²) in [5, 5.41) is 8.14. The van der Waals surface area contributed by atoms with Crippen LogP contribution >= 0.6 is 0 Å². The molecule has 2 N–H and O–H groups in total. The van der Waals surface area contributed by atoms with Gasteiger partial charge in [-0.15, -0.1) is 0 Å². The Balaban J connectivity index is 1.60. The fourth-order valence-corrected chi connectivity index (χ4v) is 3.19. The summed E-state index contributed by atoms with van der Waals surface area (Å²) >= 11 is 0. The van der Waals surface area contributed by atoms with Gasteiger partial charge in [0.15, 0.2) is 0 Å². The van der Waals surface area contributed by atoms with Gasteiger partial charge in [-0.25, -0.2) is 4.68 Å². The number of para-hydroxylation sites is 1. The average molecular weight is 338 g/mol. The van der Waals surface area contributed by atoms with Crippen LogP contribution in [0.1, 0.15) is 22.1 Å². The summed E-state index contributed by atoms with van der Waals surface area (Å²) in [6.07, 6.45) is 1.70. The number of H-pyrrole nitrogens is 1. The van der Waals surface area contributed by atoms with Crippen molar-refractivity contribution in [3.63, 3.8) is 0 Å². The minimum Gasteiger partial charge on any atom is -0.377 e. The van der Waals surface area contributed by atoms with Crippen molar-refractivity contribution in [1.29, 1.82) is 0 Å². The molecule has 0 bridgehead atoms. The molecule has 3 aromatic rings. The van der Waals surface area contributed by atoms with E-state index in [2.05, 4.69) is 15.4 Å². The van der Waals surface area contributed by atoms with E-state index >= 15 is 0 Å². The van der Waals surface area contributed by atoms with Gasteiger partial charge in [0, 0.05) is 23.2 Å². The molecule has 0 aliphatic carbocycles. The minimum absolute atomic E-state index is 0.196. The standard InChI is InChI=1S/C18H18N4O3/c1-11-6-7-17(23)22(21-11)16-10-25-9-15(16)20-18(24)13-8-19-14-5-3-2-4-12(13)14/h2-8,15-16,19H,9-10H2,1H3,(H,20,24). The second kappa shape index (κ2) is 6.18. The summed E-state index contributed by atoms with van der Waals surface area (Å²) in [5.74, 6) is -0.196. The molecular weight excluding hydrogens is 320 g/mol. The Labute approximate surface area is 143 Å². The summed E-state index contributed by atoms with van der Waals surface area (Å²) in [6, 6.07) is 10.2. The van der Waals surface area contributed by atoms with Gasteiger partial charge in [0.25, 0.3) is 11.5 Å². The lowest BCUT2D eigenvalue weighted by molar-refractivity contribution is 0.0926. The molecule has 1 aromatic carbocycles. The number of benzene rings is 1. The van der Waals surface area contributed by atoms with Crippen LogP contribution in [0, 0.1) is 6.92 Å². The smallest absolute Gasteiger partial charge is 0.267 e. The largest absolute Gasteiger partial charge is 0.377 e. The Morgan fingerprint density at radius 1 is 1.28 bits per heavy atom. The van der Waals surface area contributed by atoms with Crippen molar-refractivity contribution in [2.45, 2.75) is 19.0 Å². The van der Waals surface area contributed by atoms with Gasteiger partial charge in [0.2, 0.25) is 0 Å². The fourth-order valence-electron chi connectivity index (χ4n) is 3.19. The van der Waals surface area contributed by atoms with Crippen LogP contribution in [0.25, 0.3) is 10.9 Å². The van der Waals surface area contributed by atoms with E-state index in [4.69, 9.17) is 4.74 Å². The van der Waals surface area contributed by atoms with Crippen molar-refractivity contribution in [2.75, 3.05) is 13.2 Å². The Hall–Kier alpha value is -2.93. The van der Waals surface area contributed by atoms with Crippen LogP contribution in [0.15, 0.2) is 47.4 Å². The maximum Gasteiger partial charge on any atom is 0.267 e. The van der Waals surface area contributed by atoms with Crippen molar-refractivity contribution >= 4 is 16.8 Å². The van der Waals surface area contributed by atoms with Crippen LogP contribution in [0.5, 0.6) is 0 Å². The number of aryl methyl sites for hydroxylation is 1. The first kappa shape index (κ1) is 15.6. The van der Waals surface area contributed by atoms with Gasteiger partial charge in [-0.3, -0.25) is 9.59 Å². The Morgan fingerprint density at radius 3 is 3.00 bits per heavy atom. The molecule has 4 rings (SSSR count). The number of hydrogen-bond donors (Lipinski definition) is 2. The second-order valence-corrected chi connectivity index (χ2v) is 6.19. The molecular formula is C18H18N4O3. The SMILES string of the molecule is Cc1ccc(=O)n(C2COCC2NC(=O)c2c[nH]c3ccccc23)n1. The monoisotopic (exact) mass is 338 g/mol. The molecule has 1 saturated heterocycles. The summed E-state index contributed by atoms with van der Waals surface area (Å²) < 4.78 is 6.91. The van der Waals surface area contributed by atoms with E-state index < -0.39 is 0 Å². The lowest BCUT2D eigenvalue weighted by Crippen LogP contribution is -2.44. The van der Waals surface area contributed by atoms with E-state index in [0.29, 0.717) is 18.8 Å². The number of hydrogen-bond acceptors (Lipinski definition) is 4. The van der Waals surface area contributed by atoms with Gasteiger partial charge >= 0.3 is 0 Å². The summed E-state index contributed by atoms with van der Waals surface area (Å²) in [5.41, 5.74) is 2.02. The van der Waals surface area contributed by atoms with Gasteiger partial charge in [0.1, 0.15) is 6.04 Å². The maximum atomic E-state index is 12.7. The van der Waals surface area contributed by atoms with Crippen molar-refractivity contribution in [2.24, 2.45) is 0 Å². The molecule has 1 fully saturated rings. The van der Waals surface area contributed by atoms with Crippen LogP contribution in [0.3, 0.4) is 0 Å². The van der Waals surface area contributed by atoms with E-state index in [1.165, 1.54) is 10.7 Å². The van der Waals surface area contributed by atoms with Crippen LogP contribution in [-0.2, 0) is 4.74 Å². The number of fused-ring (bicyclic) bond motifs is 1. The van der Waals surface area contributed by atoms with Gasteiger partial charge < -0.3 is 15.0 Å². The molecule has 1 aliphatic rings. The lowest BCUT2D eigenvalue weighted by atomic mass is 10.1. The van der Waals surface area contributed by atoms with E-state index in [1.54, 1.807) is 12.3 Å². The molecule has 128 valence electrons. The Bertz CT molecular complexity index is 991. The van der Waals surface area contributed by atoms with Gasteiger partial charge in [-0.1, -0.05) is 18.2 Å². The number of carbonyl (C=O) groups excluding carboxylic acids is 1. The number of nitrogens with zero attached hydrogens (tertiary/aromatic N) is 2. The predicted octanol–water partition coefficient (Wildman–Crippen LogP) is 1.40. The maximum absolute atomic E-state index is 12.7. The van der Waals surface area contributed by atoms with Crippen molar-refractivity contribution in [3.8, 4) is 0 Å². The number of amides is 1. The van der Waals surface area contributed by atoms with Crippen molar-refractivity contribution in [3.05, 3.63) is 64.2 Å². The molecule has 2 unspecified atom stereocenters. The topological polar surface area (TPSA) is 89.0 Å². The molecule has 7 heteroatoms. The van der Waals surface area contributed by atoms with Crippen LogP contribution < -0.4 is 10.9 Å². The first-order valence-corrected chi connectivity index (χ1v) is 8.14. The summed E-state index contributed by atoms with van der Waals surface area (Å²) in [7, 11) is 0. The molecule has 2 atom stereocenters. The first-order chi connectivity index (χ1) is 12.1. The highest BCUT2D eigenvalue weighted by atomic mass is 16.5. The second-order valence-electron chi connectivity index (χ2n) is 6.19. The summed E-state index contributed by atoms with van der Waals surface area (Å²) in [6.45, 7) is 2.52. The number of nitrogens with one attached hydrogen (secondary N) is 2. The van der Waals surface area contributed by atoms with Gasteiger partial charge in [-0.05, 0) is 19.1 Å². The third-order valence-electron chi connectivity index (χ3n) is 4.47. The van der Waals surface area contributed by atoms with Gasteiger partial charge in [0.05, 0.1) is 30.5 Å². The van der Waals surface area contributed by atoms with E-state index in [0.717, 1.165) is 16.6 Å². The third kappa shape index (κ3) is 2.83. The van der Waals surface area contributed by atoms with Gasteiger partial charge in [-0.2, -0.15) is 5.10 Å². The molecule has 1 amide bonds. The van der Waals surface area contributed by atoms with E-state index in [1.807, 2.05) is 31.2 Å². The normalized spacial score (nSPS) is 20.0. The van der Waals surface area contributed by atoms with Crippen molar-refractivity contribution in [1.82, 2.24) is 20.1 Å². The van der Waals surface area contributed by atoms with E-state index in [9.17, 15) is 9.59 Å². The number of aromatic nitrogens is 3. The summed E-state index contributed by atoms with van der Waals surface area (Å²) in [4.78, 5) is 27.9. The van der Waals surface area contributed by atoms with E-state index in [-0.39, 0.29) is 23.6 Å². The zero-order valence-corrected chi connectivity index (χ0v) is 13.7. The molecule has 0 saturated carbocycles. The highest BCUT2D eigenvalue weighted by Gasteiger charge is 2.33. The van der Waals surface area contributed by atoms with Crippen LogP contribution in [0.4, 0.5) is 0 Å². The number of ether oxygens (including phenoxy) is 1. The van der Waals surface area contributed by atoms with Crippen molar-refractivity contribution < 1.29 is 9.53 Å². The average Bonchev–Trinajstić information content (AvgIpc) is 3.23. The van der Waals surface area contributed by atoms with Crippen LogP contribution in [0.2, 0.25) is 0 Å². The highest BCUT2D eigenvalue weighted by Crippen LogP contribution is 2.21. The predicted molar refractivity (Wildman–Crippen MR) is 92.6 cm³/mol. The minimum atomic E-state index is -0.318. The van der Waals surface area contributed by atoms with Crippen LogP contribution in [-0.4, -0.2) is 39.9 Å². The fraction of sp³-hybridized carbons (Fsp3) is 0.278. The first-order valence-electron chi connectivity index (χ1n) is 8.14. The zero-order chi connectivity index (χ0) is 17.4. The Morgan fingerprint density at radius 2 is 2.12 bits per heavy atom. The molecule has 25 heavy (non-hydrogen) atoms. The molecule has 3 heterocycles. The molecule has 0 radical (unpaired) electrons. The Kier molecular flexibility index (Phi) is 3.85. The number of aromatic amines is 1. The molecule has 1 aliphatic heterocycles. The number of rotatable bonds is 3. The third-order valence-corrected chi connectivity index (χ3v) is 4.47. The number of carbonyl (C=O) groups is 1. The highest BCUT2D eigenvalue weighted by molar-refractivity contribution is 6.06.